The first-order chi connectivity index (χ1) is 8.24. The third kappa shape index (κ3) is 2.92. The standard InChI is InChI=1S/C13H25N3O/c1-3-10-9-16(12(4-2)8-14-10)13(17)15-11-6-5-7-11/h10-12,14H,3-9H2,1-2H3,(H,15,17). The second kappa shape index (κ2) is 5.71. The van der Waals surface area contributed by atoms with Crippen LogP contribution in [0.3, 0.4) is 0 Å². The van der Waals surface area contributed by atoms with Crippen LogP contribution in [0.15, 0.2) is 0 Å². The molecular weight excluding hydrogens is 214 g/mol. The first kappa shape index (κ1) is 12.7. The van der Waals surface area contributed by atoms with Crippen LogP contribution in [-0.2, 0) is 0 Å². The zero-order valence-corrected chi connectivity index (χ0v) is 11.0. The van der Waals surface area contributed by atoms with E-state index < -0.39 is 0 Å². The van der Waals surface area contributed by atoms with Crippen molar-refractivity contribution >= 4 is 6.03 Å². The van der Waals surface area contributed by atoms with Crippen LogP contribution in [0.4, 0.5) is 4.79 Å². The monoisotopic (exact) mass is 239 g/mol. The molecule has 1 heterocycles. The van der Waals surface area contributed by atoms with E-state index in [0.29, 0.717) is 18.1 Å². The maximum Gasteiger partial charge on any atom is 0.317 e. The lowest BCUT2D eigenvalue weighted by Crippen LogP contribution is -2.61. The summed E-state index contributed by atoms with van der Waals surface area (Å²) < 4.78 is 0. The van der Waals surface area contributed by atoms with Gasteiger partial charge in [0.05, 0.1) is 0 Å². The number of rotatable bonds is 3. The summed E-state index contributed by atoms with van der Waals surface area (Å²) in [5, 5.41) is 6.67. The molecule has 0 aromatic carbocycles. The maximum atomic E-state index is 12.2. The minimum Gasteiger partial charge on any atom is -0.335 e. The van der Waals surface area contributed by atoms with E-state index in [1.165, 1.54) is 6.42 Å². The van der Waals surface area contributed by atoms with E-state index >= 15 is 0 Å². The average molecular weight is 239 g/mol. The number of carbonyl (C=O) groups excluding carboxylic acids is 1. The number of amides is 2. The largest absolute Gasteiger partial charge is 0.335 e. The minimum atomic E-state index is 0.154. The van der Waals surface area contributed by atoms with Gasteiger partial charge in [-0.1, -0.05) is 13.8 Å². The Kier molecular flexibility index (Phi) is 4.26. The quantitative estimate of drug-likeness (QED) is 0.787. The Balaban J connectivity index is 1.90. The molecule has 1 aliphatic heterocycles. The molecule has 0 bridgehead atoms. The predicted octanol–water partition coefficient (Wildman–Crippen LogP) is 1.71. The minimum absolute atomic E-state index is 0.154. The van der Waals surface area contributed by atoms with Crippen LogP contribution in [0.5, 0.6) is 0 Å². The molecule has 2 fully saturated rings. The Labute approximate surface area is 104 Å². The zero-order chi connectivity index (χ0) is 12.3. The van der Waals surface area contributed by atoms with Gasteiger partial charge in [0.15, 0.2) is 0 Å². The number of hydrogen-bond acceptors (Lipinski definition) is 2. The van der Waals surface area contributed by atoms with Crippen LogP contribution in [0.1, 0.15) is 46.0 Å². The highest BCUT2D eigenvalue weighted by atomic mass is 16.2. The molecular formula is C13H25N3O. The summed E-state index contributed by atoms with van der Waals surface area (Å²) in [4.78, 5) is 14.3. The lowest BCUT2D eigenvalue weighted by Gasteiger charge is -2.41. The van der Waals surface area contributed by atoms with Crippen molar-refractivity contribution in [3.05, 3.63) is 0 Å². The molecule has 0 aromatic heterocycles. The number of carbonyl (C=O) groups is 1. The van der Waals surface area contributed by atoms with Gasteiger partial charge in [-0.25, -0.2) is 4.79 Å². The molecule has 0 aromatic rings. The van der Waals surface area contributed by atoms with Crippen molar-refractivity contribution in [2.75, 3.05) is 13.1 Å². The van der Waals surface area contributed by atoms with Crippen molar-refractivity contribution in [1.82, 2.24) is 15.5 Å². The van der Waals surface area contributed by atoms with Gasteiger partial charge in [0.2, 0.25) is 0 Å². The highest BCUT2D eigenvalue weighted by Gasteiger charge is 2.31. The van der Waals surface area contributed by atoms with Crippen molar-refractivity contribution in [2.24, 2.45) is 0 Å². The fraction of sp³-hybridized carbons (Fsp3) is 0.923. The molecule has 98 valence electrons. The second-order valence-electron chi connectivity index (χ2n) is 5.31. The van der Waals surface area contributed by atoms with E-state index in [-0.39, 0.29) is 6.03 Å². The van der Waals surface area contributed by atoms with E-state index in [4.69, 9.17) is 0 Å². The van der Waals surface area contributed by atoms with Gasteiger partial charge in [-0.05, 0) is 32.1 Å². The maximum absolute atomic E-state index is 12.2. The zero-order valence-electron chi connectivity index (χ0n) is 11.0. The molecule has 4 heteroatoms. The van der Waals surface area contributed by atoms with Gasteiger partial charge in [-0.2, -0.15) is 0 Å². The summed E-state index contributed by atoms with van der Waals surface area (Å²) in [6.45, 7) is 6.12. The van der Waals surface area contributed by atoms with E-state index in [1.54, 1.807) is 0 Å². The molecule has 17 heavy (non-hydrogen) atoms. The Morgan fingerprint density at radius 1 is 1.35 bits per heavy atom. The summed E-state index contributed by atoms with van der Waals surface area (Å²) in [6, 6.07) is 1.42. The molecule has 2 atom stereocenters. The molecule has 2 unspecified atom stereocenters. The molecule has 2 N–H and O–H groups in total. The van der Waals surface area contributed by atoms with Gasteiger partial charge < -0.3 is 15.5 Å². The smallest absolute Gasteiger partial charge is 0.317 e. The highest BCUT2D eigenvalue weighted by molar-refractivity contribution is 5.75. The van der Waals surface area contributed by atoms with E-state index in [9.17, 15) is 4.79 Å². The number of hydrogen-bond donors (Lipinski definition) is 2. The SMILES string of the molecule is CCC1CN(C(=O)NC2CCC2)C(CC)CN1. The Morgan fingerprint density at radius 3 is 2.65 bits per heavy atom. The normalized spacial score (nSPS) is 29.9. The fourth-order valence-corrected chi connectivity index (χ4v) is 2.56. The number of piperazine rings is 1. The van der Waals surface area contributed by atoms with Crippen LogP contribution >= 0.6 is 0 Å². The molecule has 1 aliphatic carbocycles. The topological polar surface area (TPSA) is 44.4 Å². The van der Waals surface area contributed by atoms with Crippen molar-refractivity contribution in [3.63, 3.8) is 0 Å². The summed E-state index contributed by atoms with van der Waals surface area (Å²) in [5.74, 6) is 0. The summed E-state index contributed by atoms with van der Waals surface area (Å²) in [6.07, 6.45) is 5.70. The predicted molar refractivity (Wildman–Crippen MR) is 69.0 cm³/mol. The van der Waals surface area contributed by atoms with Crippen LogP contribution < -0.4 is 10.6 Å². The molecule has 1 saturated heterocycles. The number of nitrogens with zero attached hydrogens (tertiary/aromatic N) is 1. The summed E-state index contributed by atoms with van der Waals surface area (Å²) in [7, 11) is 0. The summed E-state index contributed by atoms with van der Waals surface area (Å²) in [5.41, 5.74) is 0. The fourth-order valence-electron chi connectivity index (χ4n) is 2.56. The van der Waals surface area contributed by atoms with Crippen LogP contribution in [0.25, 0.3) is 0 Å². The lowest BCUT2D eigenvalue weighted by molar-refractivity contribution is 0.130. The molecule has 0 radical (unpaired) electrons. The Morgan fingerprint density at radius 2 is 2.12 bits per heavy atom. The van der Waals surface area contributed by atoms with Gasteiger partial charge in [0.1, 0.15) is 0 Å². The van der Waals surface area contributed by atoms with Crippen molar-refractivity contribution in [2.45, 2.75) is 64.1 Å². The molecule has 2 rings (SSSR count). The van der Waals surface area contributed by atoms with Gasteiger partial charge in [0.25, 0.3) is 0 Å². The van der Waals surface area contributed by atoms with Gasteiger partial charge >= 0.3 is 6.03 Å². The highest BCUT2D eigenvalue weighted by Crippen LogP contribution is 2.19. The second-order valence-corrected chi connectivity index (χ2v) is 5.31. The van der Waals surface area contributed by atoms with Crippen LogP contribution in [-0.4, -0.2) is 42.1 Å². The van der Waals surface area contributed by atoms with E-state index in [0.717, 1.165) is 38.8 Å². The number of urea groups is 1. The molecule has 2 aliphatic rings. The Hall–Kier alpha value is -0.770. The molecule has 1 saturated carbocycles. The molecule has 4 nitrogen and oxygen atoms in total. The van der Waals surface area contributed by atoms with E-state index in [1.807, 2.05) is 4.90 Å². The van der Waals surface area contributed by atoms with Crippen LogP contribution in [0.2, 0.25) is 0 Å². The average Bonchev–Trinajstić information content (AvgIpc) is 2.32. The van der Waals surface area contributed by atoms with Crippen molar-refractivity contribution in [3.8, 4) is 0 Å². The first-order valence-electron chi connectivity index (χ1n) is 7.05. The Bertz CT molecular complexity index is 265. The lowest BCUT2D eigenvalue weighted by atomic mass is 9.93. The van der Waals surface area contributed by atoms with Crippen molar-refractivity contribution < 1.29 is 4.79 Å². The van der Waals surface area contributed by atoms with Gasteiger partial charge in [-0.15, -0.1) is 0 Å². The third-order valence-electron chi connectivity index (χ3n) is 4.16. The third-order valence-corrected chi connectivity index (χ3v) is 4.16. The van der Waals surface area contributed by atoms with Crippen LogP contribution in [0, 0.1) is 0 Å². The number of nitrogens with one attached hydrogen (secondary N) is 2. The van der Waals surface area contributed by atoms with Gasteiger partial charge in [-0.3, -0.25) is 0 Å². The van der Waals surface area contributed by atoms with Crippen molar-refractivity contribution in [1.29, 1.82) is 0 Å². The molecule has 0 spiro atoms. The van der Waals surface area contributed by atoms with Gasteiger partial charge in [0, 0.05) is 31.2 Å². The van der Waals surface area contributed by atoms with E-state index in [2.05, 4.69) is 24.5 Å². The summed E-state index contributed by atoms with van der Waals surface area (Å²) >= 11 is 0. The molecule has 2 amide bonds. The first-order valence-corrected chi connectivity index (χ1v) is 7.05.